The predicted molar refractivity (Wildman–Crippen MR) is 63.6 cm³/mol. The van der Waals surface area contributed by atoms with E-state index in [0.29, 0.717) is 5.92 Å². The van der Waals surface area contributed by atoms with Gasteiger partial charge in [0, 0.05) is 13.2 Å². The predicted octanol–water partition coefficient (Wildman–Crippen LogP) is 2.75. The van der Waals surface area contributed by atoms with Gasteiger partial charge in [0.25, 0.3) is 0 Å². The first-order valence-corrected chi connectivity index (χ1v) is 5.48. The summed E-state index contributed by atoms with van der Waals surface area (Å²) in [6, 6.07) is 10.2. The molecule has 2 nitrogen and oxygen atoms in total. The molecular weight excluding hydrogens is 186 g/mol. The van der Waals surface area contributed by atoms with Crippen molar-refractivity contribution in [2.24, 2.45) is 11.7 Å². The minimum Gasteiger partial charge on any atom is -0.375 e. The van der Waals surface area contributed by atoms with E-state index in [1.807, 2.05) is 18.2 Å². The standard InChI is InChI=1S/C13H21NO/c1-10(2)9-12(14)13(15-3)11-7-5-4-6-8-11/h4-8,10,12-13H,9,14H2,1-3H3/t12-,13+/m0/s1. The fourth-order valence-electron chi connectivity index (χ4n) is 1.87. The Hall–Kier alpha value is -0.860. The number of ether oxygens (including phenoxy) is 1. The normalized spacial score (nSPS) is 15.3. The average molecular weight is 207 g/mol. The second kappa shape index (κ2) is 5.89. The van der Waals surface area contributed by atoms with Crippen molar-refractivity contribution in [1.29, 1.82) is 0 Å². The van der Waals surface area contributed by atoms with Crippen LogP contribution in [0.4, 0.5) is 0 Å². The lowest BCUT2D eigenvalue weighted by Gasteiger charge is -2.24. The number of hydrogen-bond donors (Lipinski definition) is 1. The van der Waals surface area contributed by atoms with Gasteiger partial charge >= 0.3 is 0 Å². The van der Waals surface area contributed by atoms with Crippen LogP contribution in [0.15, 0.2) is 30.3 Å². The quantitative estimate of drug-likeness (QED) is 0.805. The molecule has 2 atom stereocenters. The van der Waals surface area contributed by atoms with Gasteiger partial charge in [0.1, 0.15) is 0 Å². The molecule has 1 rings (SSSR count). The SMILES string of the molecule is CO[C@H](c1ccccc1)[C@@H](N)CC(C)C. The summed E-state index contributed by atoms with van der Waals surface area (Å²) in [5.41, 5.74) is 7.30. The van der Waals surface area contributed by atoms with Gasteiger partial charge < -0.3 is 10.5 Å². The van der Waals surface area contributed by atoms with Crippen LogP contribution in [0, 0.1) is 5.92 Å². The van der Waals surface area contributed by atoms with E-state index in [1.54, 1.807) is 7.11 Å². The first-order chi connectivity index (χ1) is 7.15. The van der Waals surface area contributed by atoms with Crippen molar-refractivity contribution in [2.45, 2.75) is 32.4 Å². The third-order valence-corrected chi connectivity index (χ3v) is 2.51. The Labute approximate surface area is 92.4 Å². The zero-order chi connectivity index (χ0) is 11.3. The minimum atomic E-state index is 0.00796. The highest BCUT2D eigenvalue weighted by molar-refractivity contribution is 5.19. The zero-order valence-electron chi connectivity index (χ0n) is 9.81. The Morgan fingerprint density at radius 2 is 1.80 bits per heavy atom. The lowest BCUT2D eigenvalue weighted by Crippen LogP contribution is -2.31. The Bertz CT molecular complexity index is 271. The maximum atomic E-state index is 6.14. The minimum absolute atomic E-state index is 0.00796. The van der Waals surface area contributed by atoms with Crippen LogP contribution in [0.5, 0.6) is 0 Å². The molecule has 0 saturated heterocycles. The van der Waals surface area contributed by atoms with E-state index >= 15 is 0 Å². The Balaban J connectivity index is 2.71. The van der Waals surface area contributed by atoms with Crippen molar-refractivity contribution in [3.8, 4) is 0 Å². The monoisotopic (exact) mass is 207 g/mol. The molecule has 0 saturated carbocycles. The molecule has 0 radical (unpaired) electrons. The number of nitrogens with two attached hydrogens (primary N) is 1. The van der Waals surface area contributed by atoms with E-state index in [-0.39, 0.29) is 12.1 Å². The van der Waals surface area contributed by atoms with Crippen LogP contribution in [0.3, 0.4) is 0 Å². The Kier molecular flexibility index (Phi) is 4.79. The first kappa shape index (κ1) is 12.2. The van der Waals surface area contributed by atoms with Gasteiger partial charge in [-0.2, -0.15) is 0 Å². The van der Waals surface area contributed by atoms with Crippen LogP contribution >= 0.6 is 0 Å². The summed E-state index contributed by atoms with van der Waals surface area (Å²) in [4.78, 5) is 0. The lowest BCUT2D eigenvalue weighted by molar-refractivity contribution is 0.0738. The molecule has 0 fully saturated rings. The summed E-state index contributed by atoms with van der Waals surface area (Å²) >= 11 is 0. The molecule has 1 aromatic carbocycles. The molecule has 0 aliphatic carbocycles. The van der Waals surface area contributed by atoms with Gasteiger partial charge in [-0.05, 0) is 17.9 Å². The second-order valence-corrected chi connectivity index (χ2v) is 4.36. The number of benzene rings is 1. The molecular formula is C13H21NO. The Morgan fingerprint density at radius 1 is 1.20 bits per heavy atom. The maximum Gasteiger partial charge on any atom is 0.0971 e. The summed E-state index contributed by atoms with van der Waals surface area (Å²) in [5, 5.41) is 0. The maximum absolute atomic E-state index is 6.14. The fraction of sp³-hybridized carbons (Fsp3) is 0.538. The number of hydrogen-bond acceptors (Lipinski definition) is 2. The van der Waals surface area contributed by atoms with Gasteiger partial charge in [-0.15, -0.1) is 0 Å². The molecule has 0 heterocycles. The molecule has 0 spiro atoms. The number of methoxy groups -OCH3 is 1. The fourth-order valence-corrected chi connectivity index (χ4v) is 1.87. The second-order valence-electron chi connectivity index (χ2n) is 4.36. The largest absolute Gasteiger partial charge is 0.375 e. The van der Waals surface area contributed by atoms with E-state index in [4.69, 9.17) is 10.5 Å². The third-order valence-electron chi connectivity index (χ3n) is 2.51. The Morgan fingerprint density at radius 3 is 2.27 bits per heavy atom. The topological polar surface area (TPSA) is 35.2 Å². The highest BCUT2D eigenvalue weighted by atomic mass is 16.5. The van der Waals surface area contributed by atoms with E-state index in [1.165, 1.54) is 0 Å². The van der Waals surface area contributed by atoms with Crippen molar-refractivity contribution >= 4 is 0 Å². The molecule has 2 N–H and O–H groups in total. The molecule has 2 heteroatoms. The van der Waals surface area contributed by atoms with Gasteiger partial charge in [-0.3, -0.25) is 0 Å². The van der Waals surface area contributed by atoms with Crippen molar-refractivity contribution in [3.63, 3.8) is 0 Å². The van der Waals surface area contributed by atoms with Crippen molar-refractivity contribution in [1.82, 2.24) is 0 Å². The summed E-state index contributed by atoms with van der Waals surface area (Å²) in [5.74, 6) is 0.598. The zero-order valence-corrected chi connectivity index (χ0v) is 9.81. The van der Waals surface area contributed by atoms with Crippen LogP contribution in [0.25, 0.3) is 0 Å². The van der Waals surface area contributed by atoms with Gasteiger partial charge in [-0.25, -0.2) is 0 Å². The molecule has 0 aromatic heterocycles. The van der Waals surface area contributed by atoms with E-state index in [2.05, 4.69) is 26.0 Å². The third kappa shape index (κ3) is 3.65. The van der Waals surface area contributed by atoms with Gasteiger partial charge in [0.05, 0.1) is 6.10 Å². The van der Waals surface area contributed by atoms with Crippen LogP contribution in [0.1, 0.15) is 31.9 Å². The van der Waals surface area contributed by atoms with Crippen LogP contribution in [-0.2, 0) is 4.74 Å². The molecule has 84 valence electrons. The summed E-state index contributed by atoms with van der Waals surface area (Å²) < 4.78 is 5.47. The smallest absolute Gasteiger partial charge is 0.0971 e. The molecule has 0 aliphatic heterocycles. The highest BCUT2D eigenvalue weighted by Gasteiger charge is 2.19. The van der Waals surface area contributed by atoms with Gasteiger partial charge in [-0.1, -0.05) is 44.2 Å². The molecule has 0 amide bonds. The molecule has 1 aromatic rings. The number of rotatable bonds is 5. The van der Waals surface area contributed by atoms with E-state index < -0.39 is 0 Å². The molecule has 0 aliphatic rings. The molecule has 15 heavy (non-hydrogen) atoms. The summed E-state index contributed by atoms with van der Waals surface area (Å²) in [6.45, 7) is 4.36. The van der Waals surface area contributed by atoms with E-state index in [0.717, 1.165) is 12.0 Å². The summed E-state index contributed by atoms with van der Waals surface area (Å²) in [6.07, 6.45) is 0.988. The van der Waals surface area contributed by atoms with Gasteiger partial charge in [0.15, 0.2) is 0 Å². The van der Waals surface area contributed by atoms with Crippen molar-refractivity contribution in [3.05, 3.63) is 35.9 Å². The highest BCUT2D eigenvalue weighted by Crippen LogP contribution is 2.22. The molecule has 0 bridgehead atoms. The summed E-state index contributed by atoms with van der Waals surface area (Å²) in [7, 11) is 1.72. The molecule has 0 unspecified atom stereocenters. The van der Waals surface area contributed by atoms with Crippen molar-refractivity contribution < 1.29 is 4.74 Å². The lowest BCUT2D eigenvalue weighted by atomic mass is 9.95. The van der Waals surface area contributed by atoms with E-state index in [9.17, 15) is 0 Å². The van der Waals surface area contributed by atoms with Crippen LogP contribution in [-0.4, -0.2) is 13.2 Å². The average Bonchev–Trinajstić information content (AvgIpc) is 2.19. The van der Waals surface area contributed by atoms with Gasteiger partial charge in [0.2, 0.25) is 0 Å². The first-order valence-electron chi connectivity index (χ1n) is 5.48. The van der Waals surface area contributed by atoms with Crippen LogP contribution < -0.4 is 5.73 Å². The van der Waals surface area contributed by atoms with Crippen LogP contribution in [0.2, 0.25) is 0 Å². The van der Waals surface area contributed by atoms with Crippen molar-refractivity contribution in [2.75, 3.05) is 7.11 Å².